The lowest BCUT2D eigenvalue weighted by molar-refractivity contribution is -0.112. The van der Waals surface area contributed by atoms with Crippen LogP contribution in [0.25, 0.3) is 0 Å². The standard InChI is InChI=1S/C3H6ClO2P/c4-3(5)1-2-6-7/h1-2,7H2. The zero-order valence-electron chi connectivity index (χ0n) is 3.69. The second-order valence-electron chi connectivity index (χ2n) is 0.976. The van der Waals surface area contributed by atoms with Gasteiger partial charge in [-0.05, 0) is 11.6 Å². The molecule has 0 fully saturated rings. The largest absolute Gasteiger partial charge is 0.365 e. The van der Waals surface area contributed by atoms with Crippen molar-refractivity contribution in [3.63, 3.8) is 0 Å². The van der Waals surface area contributed by atoms with Crippen LogP contribution in [0.15, 0.2) is 0 Å². The monoisotopic (exact) mass is 140 g/mol. The second-order valence-corrected chi connectivity index (χ2v) is 1.73. The Labute approximate surface area is 49.5 Å². The summed E-state index contributed by atoms with van der Waals surface area (Å²) in [5.41, 5.74) is 0. The summed E-state index contributed by atoms with van der Waals surface area (Å²) in [6.07, 6.45) is 0.283. The van der Waals surface area contributed by atoms with Gasteiger partial charge in [0.15, 0.2) is 0 Å². The quantitative estimate of drug-likeness (QED) is 0.431. The molecule has 0 bridgehead atoms. The van der Waals surface area contributed by atoms with Crippen molar-refractivity contribution < 1.29 is 9.32 Å². The third-order valence-electron chi connectivity index (χ3n) is 0.416. The van der Waals surface area contributed by atoms with Gasteiger partial charge >= 0.3 is 0 Å². The number of hydrogen-bond donors (Lipinski definition) is 0. The average Bonchev–Trinajstić information content (AvgIpc) is 1.61. The van der Waals surface area contributed by atoms with Crippen LogP contribution in [-0.4, -0.2) is 11.8 Å². The number of hydrogen-bond acceptors (Lipinski definition) is 2. The molecule has 0 amide bonds. The van der Waals surface area contributed by atoms with E-state index in [1.807, 2.05) is 9.47 Å². The van der Waals surface area contributed by atoms with Crippen molar-refractivity contribution >= 4 is 26.3 Å². The van der Waals surface area contributed by atoms with Crippen LogP contribution in [-0.2, 0) is 9.32 Å². The molecule has 0 aromatic rings. The molecule has 0 aromatic heterocycles. The van der Waals surface area contributed by atoms with Crippen molar-refractivity contribution in [3.05, 3.63) is 0 Å². The molecule has 2 nitrogen and oxygen atoms in total. The molecule has 0 rings (SSSR count). The highest BCUT2D eigenvalue weighted by Crippen LogP contribution is 1.91. The maximum atomic E-state index is 9.88. The van der Waals surface area contributed by atoms with E-state index in [-0.39, 0.29) is 11.7 Å². The fraction of sp³-hybridized carbons (Fsp3) is 0.667. The lowest BCUT2D eigenvalue weighted by Gasteiger charge is -1.87. The van der Waals surface area contributed by atoms with Gasteiger partial charge in [-0.3, -0.25) is 4.79 Å². The summed E-state index contributed by atoms with van der Waals surface area (Å²) in [6.45, 7) is 0.382. The van der Waals surface area contributed by atoms with Crippen LogP contribution in [0.1, 0.15) is 6.42 Å². The van der Waals surface area contributed by atoms with Gasteiger partial charge in [-0.1, -0.05) is 0 Å². The molecular weight excluding hydrogens is 134 g/mol. The summed E-state index contributed by atoms with van der Waals surface area (Å²) < 4.78 is 4.46. The van der Waals surface area contributed by atoms with Crippen LogP contribution in [0.2, 0.25) is 0 Å². The molecule has 0 aliphatic heterocycles. The number of carbonyl (C=O) groups excluding carboxylic acids is 1. The van der Waals surface area contributed by atoms with Crippen LogP contribution in [0, 0.1) is 0 Å². The van der Waals surface area contributed by atoms with E-state index >= 15 is 0 Å². The summed E-state index contributed by atoms with van der Waals surface area (Å²) >= 11 is 4.93. The molecule has 0 saturated heterocycles. The smallest absolute Gasteiger partial charge is 0.223 e. The molecule has 7 heavy (non-hydrogen) atoms. The number of halogens is 1. The van der Waals surface area contributed by atoms with Crippen molar-refractivity contribution in [1.82, 2.24) is 0 Å². The Morgan fingerprint density at radius 3 is 2.57 bits per heavy atom. The summed E-state index contributed by atoms with van der Waals surface area (Å²) in [4.78, 5) is 9.88. The first kappa shape index (κ1) is 7.35. The van der Waals surface area contributed by atoms with Gasteiger partial charge in [0.1, 0.15) is 0 Å². The maximum Gasteiger partial charge on any atom is 0.223 e. The second kappa shape index (κ2) is 4.51. The molecule has 1 unspecified atom stereocenters. The summed E-state index contributed by atoms with van der Waals surface area (Å²) in [5, 5.41) is -0.359. The third-order valence-corrected chi connectivity index (χ3v) is 0.841. The predicted octanol–water partition coefficient (Wildman–Crippen LogP) is 0.949. The van der Waals surface area contributed by atoms with E-state index in [1.54, 1.807) is 0 Å². The fourth-order valence-electron chi connectivity index (χ4n) is 0.139. The molecule has 1 atom stereocenters. The number of rotatable bonds is 3. The first-order valence-corrected chi connectivity index (χ1v) is 2.62. The highest BCUT2D eigenvalue weighted by atomic mass is 35.5. The van der Waals surface area contributed by atoms with Crippen molar-refractivity contribution in [2.24, 2.45) is 0 Å². The van der Waals surface area contributed by atoms with Crippen LogP contribution in [0.5, 0.6) is 0 Å². The first-order valence-electron chi connectivity index (χ1n) is 1.77. The molecule has 0 N–H and O–H groups in total. The molecule has 0 aliphatic carbocycles. The molecule has 0 spiro atoms. The molecule has 0 saturated carbocycles. The molecule has 0 aromatic carbocycles. The Morgan fingerprint density at radius 2 is 2.43 bits per heavy atom. The summed E-state index contributed by atoms with van der Waals surface area (Å²) in [7, 11) is 2.03. The van der Waals surface area contributed by atoms with E-state index in [0.29, 0.717) is 6.61 Å². The van der Waals surface area contributed by atoms with E-state index in [2.05, 4.69) is 4.52 Å². The third kappa shape index (κ3) is 6.35. The van der Waals surface area contributed by atoms with Crippen molar-refractivity contribution in [2.75, 3.05) is 6.61 Å². The Bertz CT molecular complexity index is 66.0. The van der Waals surface area contributed by atoms with Crippen LogP contribution < -0.4 is 0 Å². The molecule has 4 heteroatoms. The van der Waals surface area contributed by atoms with Gasteiger partial charge in [-0.15, -0.1) is 0 Å². The van der Waals surface area contributed by atoms with Gasteiger partial charge in [0.05, 0.1) is 6.61 Å². The van der Waals surface area contributed by atoms with E-state index in [0.717, 1.165) is 0 Å². The predicted molar refractivity (Wildman–Crippen MR) is 31.1 cm³/mol. The van der Waals surface area contributed by atoms with Crippen LogP contribution in [0.4, 0.5) is 0 Å². The summed E-state index contributed by atoms with van der Waals surface area (Å²) in [6, 6.07) is 0. The van der Waals surface area contributed by atoms with Crippen LogP contribution >= 0.6 is 21.1 Å². The highest BCUT2D eigenvalue weighted by Gasteiger charge is 1.90. The molecular formula is C3H6ClO2P. The zero-order chi connectivity index (χ0) is 5.70. The van der Waals surface area contributed by atoms with Crippen molar-refractivity contribution in [3.8, 4) is 0 Å². The van der Waals surface area contributed by atoms with Crippen molar-refractivity contribution in [2.45, 2.75) is 6.42 Å². The van der Waals surface area contributed by atoms with E-state index < -0.39 is 0 Å². The maximum absolute atomic E-state index is 9.88. The lowest BCUT2D eigenvalue weighted by Crippen LogP contribution is -1.90. The highest BCUT2D eigenvalue weighted by molar-refractivity contribution is 7.09. The SMILES string of the molecule is O=C(Cl)CCOP. The van der Waals surface area contributed by atoms with Gasteiger partial charge in [0.2, 0.25) is 5.24 Å². The van der Waals surface area contributed by atoms with E-state index in [9.17, 15) is 4.79 Å². The van der Waals surface area contributed by atoms with E-state index in [4.69, 9.17) is 11.6 Å². The van der Waals surface area contributed by atoms with Crippen molar-refractivity contribution in [1.29, 1.82) is 0 Å². The average molecular weight is 141 g/mol. The lowest BCUT2D eigenvalue weighted by atomic mass is 10.5. The Hall–Kier alpha value is 0.350. The Kier molecular flexibility index (Phi) is 4.73. The molecule has 0 radical (unpaired) electrons. The Morgan fingerprint density at radius 1 is 1.86 bits per heavy atom. The van der Waals surface area contributed by atoms with Gasteiger partial charge in [-0.25, -0.2) is 0 Å². The number of carbonyl (C=O) groups is 1. The first-order chi connectivity index (χ1) is 3.27. The molecule has 0 aliphatic rings. The normalized spacial score (nSPS) is 8.86. The van der Waals surface area contributed by atoms with Gasteiger partial charge in [0, 0.05) is 15.9 Å². The van der Waals surface area contributed by atoms with Crippen LogP contribution in [0.3, 0.4) is 0 Å². The van der Waals surface area contributed by atoms with Gasteiger partial charge in [0.25, 0.3) is 0 Å². The fourth-order valence-corrected chi connectivity index (χ4v) is 0.334. The molecule has 0 heterocycles. The summed E-state index contributed by atoms with van der Waals surface area (Å²) in [5.74, 6) is 0. The Balaban J connectivity index is 2.82. The van der Waals surface area contributed by atoms with E-state index in [1.165, 1.54) is 0 Å². The minimum absolute atomic E-state index is 0.283. The minimum Gasteiger partial charge on any atom is -0.365 e. The van der Waals surface area contributed by atoms with Gasteiger partial charge in [-0.2, -0.15) is 0 Å². The molecule has 42 valence electrons. The topological polar surface area (TPSA) is 26.3 Å². The zero-order valence-corrected chi connectivity index (χ0v) is 5.60. The minimum atomic E-state index is -0.359. The van der Waals surface area contributed by atoms with Gasteiger partial charge < -0.3 is 4.52 Å².